The monoisotopic (exact) mass is 337 g/mol. The third kappa shape index (κ3) is 2.98. The number of hydrogen-bond acceptors (Lipinski definition) is 5. The Kier molecular flexibility index (Phi) is 4.13. The van der Waals surface area contributed by atoms with Crippen LogP contribution in [0.5, 0.6) is 0 Å². The number of fused-ring (bicyclic) bond motifs is 1. The molecule has 2 fully saturated rings. The Morgan fingerprint density at radius 1 is 1.32 bits per heavy atom. The van der Waals surface area contributed by atoms with Gasteiger partial charge in [-0.2, -0.15) is 0 Å². The van der Waals surface area contributed by atoms with Gasteiger partial charge in [0, 0.05) is 50.9 Å². The van der Waals surface area contributed by atoms with Crippen LogP contribution in [0.2, 0.25) is 0 Å². The number of rotatable bonds is 3. The zero-order chi connectivity index (χ0) is 17.3. The molecule has 1 amide bonds. The molecule has 2 aromatic rings. The van der Waals surface area contributed by atoms with Crippen LogP contribution in [-0.4, -0.2) is 41.0 Å². The topological polar surface area (TPSA) is 70.2 Å². The highest BCUT2D eigenvalue weighted by Crippen LogP contribution is 2.42. The van der Waals surface area contributed by atoms with Gasteiger partial charge in [-0.05, 0) is 12.0 Å². The summed E-state index contributed by atoms with van der Waals surface area (Å²) in [7, 11) is 0. The third-order valence-corrected chi connectivity index (χ3v) is 5.39. The highest BCUT2D eigenvalue weighted by molar-refractivity contribution is 5.74. The molecular weight excluding hydrogens is 314 g/mol. The average Bonchev–Trinajstić information content (AvgIpc) is 3.00. The molecule has 3 atom stereocenters. The number of amides is 1. The zero-order valence-electron chi connectivity index (χ0n) is 14.4. The number of carbonyl (C=O) groups is 1. The number of aromatic nitrogens is 2. The first kappa shape index (κ1) is 16.0. The Morgan fingerprint density at radius 2 is 2.16 bits per heavy atom. The van der Waals surface area contributed by atoms with Crippen LogP contribution in [0.4, 0.5) is 5.82 Å². The molecule has 0 radical (unpaired) electrons. The summed E-state index contributed by atoms with van der Waals surface area (Å²) in [4.78, 5) is 22.8. The number of hydrogen-bond donors (Lipinski definition) is 2. The summed E-state index contributed by atoms with van der Waals surface area (Å²) in [5.41, 5.74) is 0.995. The Bertz CT molecular complexity index is 738. The van der Waals surface area contributed by atoms with Gasteiger partial charge in [-0.25, -0.2) is 4.98 Å². The average molecular weight is 337 g/mol. The Hall–Kier alpha value is -2.47. The molecule has 0 spiro atoms. The summed E-state index contributed by atoms with van der Waals surface area (Å²) < 4.78 is 0. The summed E-state index contributed by atoms with van der Waals surface area (Å²) in [6.07, 6.45) is 6.18. The number of nitrogens with zero attached hydrogens (tertiary/aromatic N) is 3. The van der Waals surface area contributed by atoms with Crippen molar-refractivity contribution in [1.29, 1.82) is 0 Å². The fourth-order valence-corrected chi connectivity index (χ4v) is 4.40. The maximum atomic E-state index is 12.0. The van der Waals surface area contributed by atoms with Crippen LogP contribution in [-0.2, 0) is 4.79 Å². The third-order valence-electron chi connectivity index (χ3n) is 5.39. The van der Waals surface area contributed by atoms with Gasteiger partial charge in [0.15, 0.2) is 0 Å². The van der Waals surface area contributed by atoms with Gasteiger partial charge >= 0.3 is 0 Å². The van der Waals surface area contributed by atoms with Gasteiger partial charge in [0.2, 0.25) is 5.91 Å². The van der Waals surface area contributed by atoms with Crippen LogP contribution in [0, 0.1) is 5.92 Å². The number of benzene rings is 1. The van der Waals surface area contributed by atoms with Gasteiger partial charge in [-0.1, -0.05) is 30.3 Å². The molecular formula is C19H23N5O. The van der Waals surface area contributed by atoms with Crippen LogP contribution < -0.4 is 15.5 Å². The van der Waals surface area contributed by atoms with Crippen LogP contribution in [0.1, 0.15) is 24.9 Å². The van der Waals surface area contributed by atoms with Crippen molar-refractivity contribution in [3.05, 3.63) is 54.5 Å². The first-order valence-electron chi connectivity index (χ1n) is 8.76. The predicted molar refractivity (Wildman–Crippen MR) is 96.1 cm³/mol. The summed E-state index contributed by atoms with van der Waals surface area (Å²) >= 11 is 0. The molecule has 2 aliphatic heterocycles. The lowest BCUT2D eigenvalue weighted by Gasteiger charge is -2.46. The second-order valence-electron chi connectivity index (χ2n) is 6.99. The normalized spacial score (nSPS) is 28.4. The lowest BCUT2D eigenvalue weighted by atomic mass is 9.75. The van der Waals surface area contributed by atoms with Crippen molar-refractivity contribution in [1.82, 2.24) is 20.6 Å². The molecule has 0 aliphatic carbocycles. The van der Waals surface area contributed by atoms with Crippen molar-refractivity contribution in [2.24, 2.45) is 5.92 Å². The van der Waals surface area contributed by atoms with E-state index in [0.717, 1.165) is 31.9 Å². The Balaban J connectivity index is 1.64. The van der Waals surface area contributed by atoms with Crippen LogP contribution >= 0.6 is 0 Å². The van der Waals surface area contributed by atoms with Crippen molar-refractivity contribution >= 4 is 11.7 Å². The van der Waals surface area contributed by atoms with Crippen LogP contribution in [0.3, 0.4) is 0 Å². The molecule has 0 saturated carbocycles. The molecule has 25 heavy (non-hydrogen) atoms. The Morgan fingerprint density at radius 3 is 2.88 bits per heavy atom. The van der Waals surface area contributed by atoms with Crippen molar-refractivity contribution in [3.8, 4) is 0 Å². The van der Waals surface area contributed by atoms with Gasteiger partial charge in [0.1, 0.15) is 5.82 Å². The maximum Gasteiger partial charge on any atom is 0.217 e. The van der Waals surface area contributed by atoms with Gasteiger partial charge < -0.3 is 15.5 Å². The fraction of sp³-hybridized carbons (Fsp3) is 0.421. The molecule has 2 saturated heterocycles. The lowest BCUT2D eigenvalue weighted by Crippen LogP contribution is -2.63. The minimum atomic E-state index is -0.290. The van der Waals surface area contributed by atoms with Crippen LogP contribution in [0.25, 0.3) is 0 Å². The lowest BCUT2D eigenvalue weighted by molar-refractivity contribution is -0.121. The fourth-order valence-electron chi connectivity index (χ4n) is 4.40. The van der Waals surface area contributed by atoms with E-state index in [4.69, 9.17) is 0 Å². The maximum absolute atomic E-state index is 12.0. The molecule has 6 nitrogen and oxygen atoms in total. The molecule has 4 rings (SSSR count). The largest absolute Gasteiger partial charge is 0.353 e. The van der Waals surface area contributed by atoms with Gasteiger partial charge in [-0.15, -0.1) is 0 Å². The van der Waals surface area contributed by atoms with E-state index in [2.05, 4.69) is 49.8 Å². The first-order chi connectivity index (χ1) is 12.2. The van der Waals surface area contributed by atoms with Crippen LogP contribution in [0.15, 0.2) is 48.9 Å². The van der Waals surface area contributed by atoms with E-state index in [1.807, 2.05) is 6.07 Å². The minimum Gasteiger partial charge on any atom is -0.353 e. The quantitative estimate of drug-likeness (QED) is 0.889. The minimum absolute atomic E-state index is 0.0153. The van der Waals surface area contributed by atoms with E-state index < -0.39 is 0 Å². The standard InChI is InChI=1S/C19H23N5O/c1-14(25)23-19-12-22-18(15-5-3-2-4-6-15)16(19)7-10-24(13-19)17-11-20-8-9-21-17/h2-6,8-9,11,16,18,22H,7,10,12-13H2,1H3,(H,23,25)/t16-,18-,19+/m1/s1. The highest BCUT2D eigenvalue weighted by Gasteiger charge is 2.52. The van der Waals surface area contributed by atoms with Gasteiger partial charge in [0.05, 0.1) is 11.7 Å². The van der Waals surface area contributed by atoms with E-state index in [9.17, 15) is 4.79 Å². The highest BCUT2D eigenvalue weighted by atomic mass is 16.1. The smallest absolute Gasteiger partial charge is 0.217 e. The van der Waals surface area contributed by atoms with Crippen molar-refractivity contribution in [2.45, 2.75) is 24.9 Å². The second kappa shape index (κ2) is 6.44. The van der Waals surface area contributed by atoms with E-state index in [0.29, 0.717) is 5.92 Å². The summed E-state index contributed by atoms with van der Waals surface area (Å²) in [5, 5.41) is 6.92. The zero-order valence-corrected chi connectivity index (χ0v) is 14.4. The summed E-state index contributed by atoms with van der Waals surface area (Å²) in [6, 6.07) is 10.8. The summed E-state index contributed by atoms with van der Waals surface area (Å²) in [5.74, 6) is 1.24. The molecule has 3 heterocycles. The second-order valence-corrected chi connectivity index (χ2v) is 6.99. The molecule has 6 heteroatoms. The number of anilines is 1. The van der Waals surface area contributed by atoms with Gasteiger partial charge in [-0.3, -0.25) is 9.78 Å². The van der Waals surface area contributed by atoms with Crippen molar-refractivity contribution in [3.63, 3.8) is 0 Å². The number of piperidine rings is 1. The van der Waals surface area contributed by atoms with E-state index in [-0.39, 0.29) is 17.5 Å². The van der Waals surface area contributed by atoms with Gasteiger partial charge in [0.25, 0.3) is 0 Å². The molecule has 1 aromatic heterocycles. The molecule has 2 aliphatic rings. The SMILES string of the molecule is CC(=O)N[C@]12CN[C@H](c3ccccc3)[C@H]1CCN(c1cnccn1)C2. The number of carbonyl (C=O) groups excluding carboxylic acids is 1. The molecule has 2 N–H and O–H groups in total. The molecule has 0 bridgehead atoms. The van der Waals surface area contributed by atoms with E-state index >= 15 is 0 Å². The molecule has 1 aromatic carbocycles. The van der Waals surface area contributed by atoms with Crippen molar-refractivity contribution in [2.75, 3.05) is 24.5 Å². The Labute approximate surface area is 147 Å². The van der Waals surface area contributed by atoms with E-state index in [1.165, 1.54) is 5.56 Å². The van der Waals surface area contributed by atoms with Crippen molar-refractivity contribution < 1.29 is 4.79 Å². The number of nitrogens with one attached hydrogen (secondary N) is 2. The predicted octanol–water partition coefficient (Wildman–Crippen LogP) is 1.52. The molecule has 0 unspecified atom stereocenters. The first-order valence-corrected chi connectivity index (χ1v) is 8.76. The molecule has 130 valence electrons. The van der Waals surface area contributed by atoms with E-state index in [1.54, 1.807) is 25.5 Å². The summed E-state index contributed by atoms with van der Waals surface area (Å²) in [6.45, 7) is 4.01.